The summed E-state index contributed by atoms with van der Waals surface area (Å²) in [5.74, 6) is -0.355. The molecule has 0 aliphatic carbocycles. The van der Waals surface area contributed by atoms with Crippen LogP contribution in [0.1, 0.15) is 11.1 Å². The van der Waals surface area contributed by atoms with Gasteiger partial charge < -0.3 is 5.32 Å². The van der Waals surface area contributed by atoms with E-state index in [1.54, 1.807) is 24.3 Å². The summed E-state index contributed by atoms with van der Waals surface area (Å²) in [5.41, 5.74) is 1.72. The van der Waals surface area contributed by atoms with E-state index >= 15 is 0 Å². The minimum absolute atomic E-state index is 0.161. The van der Waals surface area contributed by atoms with Crippen molar-refractivity contribution in [3.8, 4) is 0 Å². The van der Waals surface area contributed by atoms with E-state index in [1.807, 2.05) is 30.3 Å². The van der Waals surface area contributed by atoms with E-state index < -0.39 is 10.0 Å². The van der Waals surface area contributed by atoms with E-state index in [9.17, 15) is 13.2 Å². The van der Waals surface area contributed by atoms with Crippen LogP contribution in [0.3, 0.4) is 0 Å². The molecule has 0 saturated carbocycles. The molecule has 128 valence electrons. The Morgan fingerprint density at radius 2 is 1.67 bits per heavy atom. The topological polar surface area (TPSA) is 66.5 Å². The van der Waals surface area contributed by atoms with Gasteiger partial charge in [-0.2, -0.15) is 4.31 Å². The molecule has 0 aliphatic heterocycles. The summed E-state index contributed by atoms with van der Waals surface area (Å²) in [7, 11) is -3.49. The summed E-state index contributed by atoms with van der Waals surface area (Å²) in [5, 5.41) is 3.34. The van der Waals surface area contributed by atoms with Crippen LogP contribution in [-0.4, -0.2) is 31.4 Å². The number of benzene rings is 2. The first kappa shape index (κ1) is 18.4. The van der Waals surface area contributed by atoms with Crippen LogP contribution in [0.25, 0.3) is 0 Å². The van der Waals surface area contributed by atoms with Gasteiger partial charge in [0.25, 0.3) is 0 Å². The van der Waals surface area contributed by atoms with Gasteiger partial charge in [-0.05, 0) is 23.3 Å². The van der Waals surface area contributed by atoms with Gasteiger partial charge in [0, 0.05) is 18.1 Å². The van der Waals surface area contributed by atoms with Gasteiger partial charge in [0.2, 0.25) is 15.9 Å². The van der Waals surface area contributed by atoms with Crippen molar-refractivity contribution in [1.29, 1.82) is 0 Å². The molecule has 24 heavy (non-hydrogen) atoms. The Bertz CT molecular complexity index is 777. The fourth-order valence-corrected chi connectivity index (χ4v) is 2.96. The maximum Gasteiger partial charge on any atom is 0.235 e. The molecule has 0 spiro atoms. The van der Waals surface area contributed by atoms with Crippen LogP contribution < -0.4 is 5.32 Å². The Hall–Kier alpha value is -1.89. The number of amides is 1. The molecule has 0 bridgehead atoms. The second-order valence-electron chi connectivity index (χ2n) is 5.42. The fourth-order valence-electron chi connectivity index (χ4n) is 2.10. The minimum atomic E-state index is -3.49. The first-order valence-electron chi connectivity index (χ1n) is 7.35. The SMILES string of the molecule is CS(=O)(=O)N(CC(=O)NCc1ccc(Cl)cc1)Cc1ccccc1. The normalized spacial score (nSPS) is 11.5. The number of nitrogens with zero attached hydrogens (tertiary/aromatic N) is 1. The van der Waals surface area contributed by atoms with Crippen molar-refractivity contribution in [1.82, 2.24) is 9.62 Å². The van der Waals surface area contributed by atoms with Crippen LogP contribution in [0, 0.1) is 0 Å². The number of halogens is 1. The molecular weight excluding hydrogens is 348 g/mol. The molecule has 1 N–H and O–H groups in total. The molecule has 0 fully saturated rings. The highest BCUT2D eigenvalue weighted by atomic mass is 35.5. The van der Waals surface area contributed by atoms with Gasteiger partial charge >= 0.3 is 0 Å². The number of hydrogen-bond donors (Lipinski definition) is 1. The average Bonchev–Trinajstić information content (AvgIpc) is 2.54. The smallest absolute Gasteiger partial charge is 0.235 e. The largest absolute Gasteiger partial charge is 0.351 e. The summed E-state index contributed by atoms with van der Waals surface area (Å²) in [6, 6.07) is 16.2. The second-order valence-corrected chi connectivity index (χ2v) is 7.84. The van der Waals surface area contributed by atoms with Crippen LogP contribution in [-0.2, 0) is 27.9 Å². The molecular formula is C17H19ClN2O3S. The van der Waals surface area contributed by atoms with Crippen molar-refractivity contribution in [2.24, 2.45) is 0 Å². The lowest BCUT2D eigenvalue weighted by Crippen LogP contribution is -2.39. The lowest BCUT2D eigenvalue weighted by molar-refractivity contribution is -0.121. The van der Waals surface area contributed by atoms with Crippen molar-refractivity contribution in [2.45, 2.75) is 13.1 Å². The number of sulfonamides is 1. The highest BCUT2D eigenvalue weighted by Gasteiger charge is 2.20. The summed E-state index contributed by atoms with van der Waals surface area (Å²) < 4.78 is 25.0. The van der Waals surface area contributed by atoms with Crippen LogP contribution in [0.2, 0.25) is 5.02 Å². The van der Waals surface area contributed by atoms with E-state index in [0.29, 0.717) is 11.6 Å². The minimum Gasteiger partial charge on any atom is -0.351 e. The standard InChI is InChI=1S/C17H19ClN2O3S/c1-24(22,23)20(12-15-5-3-2-4-6-15)13-17(21)19-11-14-7-9-16(18)10-8-14/h2-10H,11-13H2,1H3,(H,19,21). The quantitative estimate of drug-likeness (QED) is 0.818. The number of carbonyl (C=O) groups excluding carboxylic acids is 1. The maximum atomic E-state index is 12.1. The summed E-state index contributed by atoms with van der Waals surface area (Å²) in [6.45, 7) is 0.258. The number of hydrogen-bond acceptors (Lipinski definition) is 3. The molecule has 2 aromatic rings. The third-order valence-corrected chi connectivity index (χ3v) is 4.84. The Balaban J connectivity index is 1.96. The number of carbonyl (C=O) groups is 1. The molecule has 0 unspecified atom stereocenters. The van der Waals surface area contributed by atoms with E-state index in [-0.39, 0.29) is 19.0 Å². The molecule has 1 amide bonds. The molecule has 0 radical (unpaired) electrons. The van der Waals surface area contributed by atoms with Crippen molar-refractivity contribution in [3.05, 3.63) is 70.7 Å². The van der Waals surface area contributed by atoms with Gasteiger partial charge in [0.1, 0.15) is 0 Å². The molecule has 2 aromatic carbocycles. The predicted octanol–water partition coefficient (Wildman–Crippen LogP) is 2.42. The van der Waals surface area contributed by atoms with Gasteiger partial charge in [-0.1, -0.05) is 54.1 Å². The van der Waals surface area contributed by atoms with Crippen molar-refractivity contribution < 1.29 is 13.2 Å². The highest BCUT2D eigenvalue weighted by molar-refractivity contribution is 7.88. The molecule has 0 aromatic heterocycles. The summed E-state index contributed by atoms with van der Waals surface area (Å²) in [4.78, 5) is 12.1. The third-order valence-electron chi connectivity index (χ3n) is 3.39. The van der Waals surface area contributed by atoms with Crippen LogP contribution in [0.5, 0.6) is 0 Å². The molecule has 7 heteroatoms. The number of rotatable bonds is 7. The summed E-state index contributed by atoms with van der Waals surface area (Å²) in [6.07, 6.45) is 1.10. The zero-order valence-corrected chi connectivity index (χ0v) is 14.8. The molecule has 5 nitrogen and oxygen atoms in total. The van der Waals surface area contributed by atoms with Crippen molar-refractivity contribution in [3.63, 3.8) is 0 Å². The zero-order valence-electron chi connectivity index (χ0n) is 13.3. The third kappa shape index (κ3) is 5.96. The van der Waals surface area contributed by atoms with Crippen molar-refractivity contribution >= 4 is 27.5 Å². The first-order valence-corrected chi connectivity index (χ1v) is 9.57. The number of nitrogens with one attached hydrogen (secondary N) is 1. The molecule has 0 atom stereocenters. The first-order chi connectivity index (χ1) is 11.3. The van der Waals surface area contributed by atoms with Crippen LogP contribution >= 0.6 is 11.6 Å². The van der Waals surface area contributed by atoms with Gasteiger partial charge in [0.05, 0.1) is 12.8 Å². The Kier molecular flexibility index (Phi) is 6.36. The second kappa shape index (κ2) is 8.28. The summed E-state index contributed by atoms with van der Waals surface area (Å²) >= 11 is 5.81. The Morgan fingerprint density at radius 3 is 2.25 bits per heavy atom. The van der Waals surface area contributed by atoms with Crippen LogP contribution in [0.4, 0.5) is 0 Å². The van der Waals surface area contributed by atoms with Gasteiger partial charge in [0.15, 0.2) is 0 Å². The maximum absolute atomic E-state index is 12.1. The fraction of sp³-hybridized carbons (Fsp3) is 0.235. The Morgan fingerprint density at radius 1 is 1.04 bits per heavy atom. The van der Waals surface area contributed by atoms with Gasteiger partial charge in [-0.15, -0.1) is 0 Å². The molecule has 0 saturated heterocycles. The zero-order chi connectivity index (χ0) is 17.6. The highest BCUT2D eigenvalue weighted by Crippen LogP contribution is 2.10. The lowest BCUT2D eigenvalue weighted by atomic mass is 10.2. The van der Waals surface area contributed by atoms with E-state index in [4.69, 9.17) is 11.6 Å². The van der Waals surface area contributed by atoms with Crippen LogP contribution in [0.15, 0.2) is 54.6 Å². The van der Waals surface area contributed by atoms with Gasteiger partial charge in [-0.25, -0.2) is 8.42 Å². The lowest BCUT2D eigenvalue weighted by Gasteiger charge is -2.19. The van der Waals surface area contributed by atoms with E-state index in [1.165, 1.54) is 0 Å². The molecule has 0 heterocycles. The predicted molar refractivity (Wildman–Crippen MR) is 95.0 cm³/mol. The van der Waals surface area contributed by atoms with E-state index in [2.05, 4.69) is 5.32 Å². The average molecular weight is 367 g/mol. The van der Waals surface area contributed by atoms with E-state index in [0.717, 1.165) is 21.7 Å². The molecule has 0 aliphatic rings. The van der Waals surface area contributed by atoms with Crippen molar-refractivity contribution in [2.75, 3.05) is 12.8 Å². The molecule has 2 rings (SSSR count). The Labute approximate surface area is 147 Å². The monoisotopic (exact) mass is 366 g/mol. The van der Waals surface area contributed by atoms with Gasteiger partial charge in [-0.3, -0.25) is 4.79 Å².